The molecular weight excluding hydrogens is 457 g/mol. The number of aromatic nitrogens is 1. The van der Waals surface area contributed by atoms with Gasteiger partial charge < -0.3 is 10.6 Å². The lowest BCUT2D eigenvalue weighted by atomic mass is 10.00. The summed E-state index contributed by atoms with van der Waals surface area (Å²) in [6.07, 6.45) is 1.14. The Balaban J connectivity index is 0.00000243. The summed E-state index contributed by atoms with van der Waals surface area (Å²) in [5, 5.41) is 7.86. The first kappa shape index (κ1) is 21.1. The minimum Gasteiger partial charge on any atom is -0.355 e. The zero-order valence-corrected chi connectivity index (χ0v) is 18.9. The first-order chi connectivity index (χ1) is 12.2. The van der Waals surface area contributed by atoms with E-state index in [9.17, 15) is 0 Å². The van der Waals surface area contributed by atoms with Crippen LogP contribution < -0.4 is 10.6 Å². The molecule has 0 spiro atoms. The minimum atomic E-state index is 0. The smallest absolute Gasteiger partial charge is 0.191 e. The molecule has 142 valence electrons. The Labute approximate surface area is 177 Å². The number of fused-ring (bicyclic) bond motifs is 1. The average molecular weight is 485 g/mol. The van der Waals surface area contributed by atoms with Crippen LogP contribution in [0.2, 0.25) is 0 Å². The lowest BCUT2D eigenvalue weighted by Crippen LogP contribution is -2.42. The number of halogens is 1. The van der Waals surface area contributed by atoms with E-state index in [1.54, 1.807) is 11.3 Å². The fourth-order valence-electron chi connectivity index (χ4n) is 3.07. The Kier molecular flexibility index (Phi) is 8.30. The van der Waals surface area contributed by atoms with Crippen molar-refractivity contribution in [1.82, 2.24) is 20.5 Å². The number of nitrogens with zero attached hydrogens (tertiary/aromatic N) is 3. The van der Waals surface area contributed by atoms with Crippen molar-refractivity contribution >= 4 is 41.3 Å². The number of benzene rings is 1. The molecule has 0 atom stereocenters. The molecule has 0 fully saturated rings. The van der Waals surface area contributed by atoms with Crippen molar-refractivity contribution in [2.45, 2.75) is 33.4 Å². The Morgan fingerprint density at radius 2 is 2.00 bits per heavy atom. The zero-order chi connectivity index (χ0) is 17.6. The highest BCUT2D eigenvalue weighted by molar-refractivity contribution is 14.0. The van der Waals surface area contributed by atoms with Gasteiger partial charge in [-0.05, 0) is 31.4 Å². The highest BCUT2D eigenvalue weighted by Gasteiger charge is 2.15. The van der Waals surface area contributed by atoms with Crippen LogP contribution in [-0.4, -0.2) is 42.5 Å². The summed E-state index contributed by atoms with van der Waals surface area (Å²) in [5.41, 5.74) is 4.08. The lowest BCUT2D eigenvalue weighted by molar-refractivity contribution is 0.258. The Morgan fingerprint density at radius 1 is 1.23 bits per heavy atom. The van der Waals surface area contributed by atoms with Crippen molar-refractivity contribution in [2.24, 2.45) is 4.99 Å². The van der Waals surface area contributed by atoms with E-state index >= 15 is 0 Å². The second-order valence-electron chi connectivity index (χ2n) is 6.40. The van der Waals surface area contributed by atoms with Crippen LogP contribution in [0.3, 0.4) is 0 Å². The highest BCUT2D eigenvalue weighted by atomic mass is 127. The van der Waals surface area contributed by atoms with E-state index in [-0.39, 0.29) is 24.0 Å². The van der Waals surface area contributed by atoms with Crippen molar-refractivity contribution in [1.29, 1.82) is 0 Å². The minimum absolute atomic E-state index is 0. The van der Waals surface area contributed by atoms with Crippen molar-refractivity contribution in [2.75, 3.05) is 26.7 Å². The van der Waals surface area contributed by atoms with Crippen LogP contribution in [0, 0.1) is 13.8 Å². The Morgan fingerprint density at radius 3 is 2.69 bits per heavy atom. The van der Waals surface area contributed by atoms with E-state index in [0.29, 0.717) is 0 Å². The third kappa shape index (κ3) is 5.65. The molecule has 0 radical (unpaired) electrons. The molecule has 1 aliphatic heterocycles. The maximum absolute atomic E-state index is 4.56. The van der Waals surface area contributed by atoms with Gasteiger partial charge in [0.1, 0.15) is 5.01 Å². The monoisotopic (exact) mass is 485 g/mol. The second-order valence-corrected chi connectivity index (χ2v) is 7.68. The van der Waals surface area contributed by atoms with Crippen LogP contribution in [-0.2, 0) is 19.5 Å². The maximum atomic E-state index is 4.56. The molecular formula is C19H28IN5S. The standard InChI is InChI=1S/C19H27N5S.HI/c1-14-15(2)25-18(23-14)12-22-19(20-3)21-9-11-24-10-8-16-6-4-5-7-17(16)13-24;/h4-7H,8-13H2,1-3H3,(H2,20,21,22);1H. The second kappa shape index (κ2) is 10.2. The predicted molar refractivity (Wildman–Crippen MR) is 121 cm³/mol. The summed E-state index contributed by atoms with van der Waals surface area (Å²) in [4.78, 5) is 12.6. The fourth-order valence-corrected chi connectivity index (χ4v) is 3.95. The van der Waals surface area contributed by atoms with Gasteiger partial charge in [0.25, 0.3) is 0 Å². The molecule has 3 rings (SSSR count). The molecule has 2 heterocycles. The van der Waals surface area contributed by atoms with Gasteiger partial charge in [-0.15, -0.1) is 35.3 Å². The largest absolute Gasteiger partial charge is 0.355 e. The highest BCUT2D eigenvalue weighted by Crippen LogP contribution is 2.18. The topological polar surface area (TPSA) is 52.6 Å². The van der Waals surface area contributed by atoms with Gasteiger partial charge in [0, 0.05) is 38.1 Å². The van der Waals surface area contributed by atoms with Crippen LogP contribution in [0.5, 0.6) is 0 Å². The lowest BCUT2D eigenvalue weighted by Gasteiger charge is -2.28. The molecule has 0 saturated carbocycles. The summed E-state index contributed by atoms with van der Waals surface area (Å²) in [6, 6.07) is 8.76. The molecule has 1 aliphatic rings. The number of thiazole rings is 1. The quantitative estimate of drug-likeness (QED) is 0.389. The van der Waals surface area contributed by atoms with Gasteiger partial charge in [-0.2, -0.15) is 0 Å². The van der Waals surface area contributed by atoms with Crippen LogP contribution in [0.1, 0.15) is 26.7 Å². The molecule has 0 amide bonds. The van der Waals surface area contributed by atoms with E-state index in [0.717, 1.165) is 55.8 Å². The third-order valence-corrected chi connectivity index (χ3v) is 5.71. The molecule has 7 heteroatoms. The number of hydrogen-bond acceptors (Lipinski definition) is 4. The molecule has 5 nitrogen and oxygen atoms in total. The van der Waals surface area contributed by atoms with Gasteiger partial charge in [0.2, 0.25) is 0 Å². The number of aryl methyl sites for hydroxylation is 2. The Hall–Kier alpha value is -1.19. The van der Waals surface area contributed by atoms with Crippen LogP contribution in [0.25, 0.3) is 0 Å². The Bertz CT molecular complexity index is 724. The molecule has 0 bridgehead atoms. The number of hydrogen-bond donors (Lipinski definition) is 2. The summed E-state index contributed by atoms with van der Waals surface area (Å²) in [7, 11) is 1.81. The van der Waals surface area contributed by atoms with Crippen molar-refractivity contribution in [3.05, 3.63) is 51.0 Å². The van der Waals surface area contributed by atoms with Crippen molar-refractivity contribution in [3.63, 3.8) is 0 Å². The van der Waals surface area contributed by atoms with Gasteiger partial charge in [0.05, 0.1) is 12.2 Å². The van der Waals surface area contributed by atoms with Gasteiger partial charge in [-0.3, -0.25) is 9.89 Å². The molecule has 1 aromatic carbocycles. The van der Waals surface area contributed by atoms with Crippen molar-refractivity contribution in [3.8, 4) is 0 Å². The number of guanidine groups is 1. The van der Waals surface area contributed by atoms with E-state index in [2.05, 4.69) is 63.6 Å². The van der Waals surface area contributed by atoms with Gasteiger partial charge >= 0.3 is 0 Å². The van der Waals surface area contributed by atoms with Crippen molar-refractivity contribution < 1.29 is 0 Å². The molecule has 0 aliphatic carbocycles. The fraction of sp³-hybridized carbons (Fsp3) is 0.474. The zero-order valence-electron chi connectivity index (χ0n) is 15.7. The van der Waals surface area contributed by atoms with Gasteiger partial charge in [0.15, 0.2) is 5.96 Å². The van der Waals surface area contributed by atoms with Crippen LogP contribution >= 0.6 is 35.3 Å². The predicted octanol–water partition coefficient (Wildman–Crippen LogP) is 3.10. The molecule has 2 N–H and O–H groups in total. The first-order valence-corrected chi connectivity index (χ1v) is 9.64. The maximum Gasteiger partial charge on any atom is 0.191 e. The molecule has 0 saturated heterocycles. The SMILES string of the molecule is CN=C(NCCN1CCc2ccccc2C1)NCc1nc(C)c(C)s1.I. The summed E-state index contributed by atoms with van der Waals surface area (Å²) in [5.74, 6) is 0.836. The molecule has 26 heavy (non-hydrogen) atoms. The van der Waals surface area contributed by atoms with Gasteiger partial charge in [-0.25, -0.2) is 4.98 Å². The molecule has 1 aromatic heterocycles. The van der Waals surface area contributed by atoms with Gasteiger partial charge in [-0.1, -0.05) is 24.3 Å². The molecule has 2 aromatic rings. The van der Waals surface area contributed by atoms with E-state index in [1.807, 2.05) is 7.05 Å². The number of aliphatic imine (C=N–C) groups is 1. The van der Waals surface area contributed by atoms with Crippen LogP contribution in [0.4, 0.5) is 0 Å². The first-order valence-electron chi connectivity index (χ1n) is 8.82. The normalized spacial score (nSPS) is 14.5. The third-order valence-electron chi connectivity index (χ3n) is 4.63. The van der Waals surface area contributed by atoms with E-state index < -0.39 is 0 Å². The van der Waals surface area contributed by atoms with Crippen LogP contribution in [0.15, 0.2) is 29.3 Å². The summed E-state index contributed by atoms with van der Waals surface area (Å²) in [6.45, 7) is 8.96. The molecule has 0 unspecified atom stereocenters. The average Bonchev–Trinajstić information content (AvgIpc) is 2.95. The number of nitrogens with one attached hydrogen (secondary N) is 2. The number of rotatable bonds is 5. The summed E-state index contributed by atoms with van der Waals surface area (Å²) < 4.78 is 0. The van der Waals surface area contributed by atoms with E-state index in [4.69, 9.17) is 0 Å². The van der Waals surface area contributed by atoms with E-state index in [1.165, 1.54) is 16.0 Å². The summed E-state index contributed by atoms with van der Waals surface area (Å²) >= 11 is 1.74.